The number of alkyl halides is 3. The molecule has 15 nitrogen and oxygen atoms in total. The number of alkyl carbamates (subject to hydrolysis) is 1. The second-order valence-corrected chi connectivity index (χ2v) is 20.9. The van der Waals surface area contributed by atoms with E-state index in [1.807, 2.05) is 37.2 Å². The van der Waals surface area contributed by atoms with E-state index in [-0.39, 0.29) is 36.9 Å². The minimum Gasteiger partial charge on any atom is -0.472 e. The zero-order chi connectivity index (χ0) is 45.5. The van der Waals surface area contributed by atoms with Crippen molar-refractivity contribution in [1.82, 2.24) is 25.2 Å². The third kappa shape index (κ3) is 11.2. The first kappa shape index (κ1) is 46.0. The highest BCUT2D eigenvalue weighted by atomic mass is 32.2. The molecule has 3 N–H and O–H groups in total. The molecule has 20 heteroatoms. The standard InChI is InChI=1S/C43H53F3N6O9S2/c1-41(2,3)61-40(56)48-34-24-62-18-8-6-7-9-27-22-42(27,39(55)50-63(57,58)31-15-16-31)49-36(53)35-21-30(23-52(35)38(34)54)59-37-32-17-12-28(51(4)5)19-26(32)20-33(47-37)25-10-13-29(14-11-25)60-43(44,45)46/h10-14,17,19-20,27,30-31,34-35H,6-9,15-16,18,21-24H2,1-5H3,(H,48,56)(H,49,53)(H,50,55)/t27-,30-,34+,35+,42-/m1/s1. The molecule has 3 aromatic rings. The van der Waals surface area contributed by atoms with Crippen molar-refractivity contribution < 1.29 is 55.0 Å². The number of nitrogens with one attached hydrogen (secondary N) is 3. The number of carbonyl (C=O) groups is 4. The Morgan fingerprint density at radius 3 is 2.40 bits per heavy atom. The van der Waals surface area contributed by atoms with E-state index in [4.69, 9.17) is 14.5 Å². The molecule has 2 aliphatic carbocycles. The summed E-state index contributed by atoms with van der Waals surface area (Å²) in [4.78, 5) is 64.3. The lowest BCUT2D eigenvalue weighted by Crippen LogP contribution is -2.58. The van der Waals surface area contributed by atoms with Gasteiger partial charge in [-0.2, -0.15) is 11.8 Å². The van der Waals surface area contributed by atoms with Crippen LogP contribution >= 0.6 is 11.8 Å². The summed E-state index contributed by atoms with van der Waals surface area (Å²) in [5.74, 6) is -1.82. The summed E-state index contributed by atoms with van der Waals surface area (Å²) in [6.45, 7) is 4.95. The van der Waals surface area contributed by atoms with Crippen molar-refractivity contribution in [3.8, 4) is 22.9 Å². The number of halogens is 3. The quantitative estimate of drug-likeness (QED) is 0.231. The van der Waals surface area contributed by atoms with E-state index in [1.165, 1.54) is 40.9 Å². The van der Waals surface area contributed by atoms with Crippen molar-refractivity contribution in [3.05, 3.63) is 48.5 Å². The number of thioether (sulfide) groups is 1. The molecule has 2 aliphatic heterocycles. The SMILES string of the molecule is CN(C)c1ccc2c(O[C@@H]3C[C@H]4C(=O)N[C@]5(C(=O)NS(=O)(=O)C6CC6)C[C@H]5CCCCCSC[C@H](NC(=O)OC(C)(C)C)C(=O)N4C3)nc(-c3ccc(OC(F)(F)F)cc3)cc2c1. The molecule has 4 aliphatic rings. The molecule has 2 saturated heterocycles. The Kier molecular flexibility index (Phi) is 13.1. The molecular formula is C43H53F3N6O9S2. The van der Waals surface area contributed by atoms with Gasteiger partial charge in [0, 0.05) is 42.9 Å². The maximum Gasteiger partial charge on any atom is 0.573 e. The van der Waals surface area contributed by atoms with Crippen molar-refractivity contribution >= 4 is 62.1 Å². The molecule has 2 saturated carbocycles. The highest BCUT2D eigenvalue weighted by Gasteiger charge is 2.62. The first-order chi connectivity index (χ1) is 29.6. The van der Waals surface area contributed by atoms with E-state index >= 15 is 0 Å². The van der Waals surface area contributed by atoms with E-state index in [2.05, 4.69) is 20.1 Å². The molecule has 0 radical (unpaired) electrons. The van der Waals surface area contributed by atoms with Crippen molar-refractivity contribution in [1.29, 1.82) is 0 Å². The summed E-state index contributed by atoms with van der Waals surface area (Å²) in [6.07, 6.45) is -2.62. The number of anilines is 1. The van der Waals surface area contributed by atoms with Crippen molar-refractivity contribution in [3.63, 3.8) is 0 Å². The van der Waals surface area contributed by atoms with E-state index in [0.717, 1.165) is 24.9 Å². The molecule has 3 heterocycles. The average molecular weight is 919 g/mol. The minimum absolute atomic E-state index is 0.0702. The Morgan fingerprint density at radius 2 is 1.73 bits per heavy atom. The second kappa shape index (κ2) is 17.9. The van der Waals surface area contributed by atoms with Gasteiger partial charge in [-0.15, -0.1) is 13.2 Å². The largest absolute Gasteiger partial charge is 0.573 e. The van der Waals surface area contributed by atoms with Gasteiger partial charge in [0.25, 0.3) is 5.91 Å². The van der Waals surface area contributed by atoms with Crippen LogP contribution in [-0.2, 0) is 29.1 Å². The van der Waals surface area contributed by atoms with E-state index in [1.54, 1.807) is 26.8 Å². The second-order valence-electron chi connectivity index (χ2n) is 17.8. The number of pyridine rings is 1. The normalized spacial score (nSPS) is 24.8. The van der Waals surface area contributed by atoms with Crippen molar-refractivity contribution in [2.45, 2.75) is 113 Å². The molecule has 1 aromatic heterocycles. The summed E-state index contributed by atoms with van der Waals surface area (Å²) in [5.41, 5.74) is -0.710. The molecule has 5 atom stereocenters. The summed E-state index contributed by atoms with van der Waals surface area (Å²) in [5, 5.41) is 6.21. The van der Waals surface area contributed by atoms with Crippen LogP contribution in [0, 0.1) is 5.92 Å². The first-order valence-corrected chi connectivity index (χ1v) is 23.7. The van der Waals surface area contributed by atoms with E-state index in [9.17, 15) is 40.8 Å². The van der Waals surface area contributed by atoms with Crippen LogP contribution in [0.2, 0.25) is 0 Å². The zero-order valence-corrected chi connectivity index (χ0v) is 37.4. The van der Waals surface area contributed by atoms with Gasteiger partial charge in [0.2, 0.25) is 27.7 Å². The molecule has 2 aromatic carbocycles. The third-order valence-electron chi connectivity index (χ3n) is 11.5. The predicted octanol–water partition coefficient (Wildman–Crippen LogP) is 5.90. The number of sulfonamides is 1. The number of amides is 4. The van der Waals surface area contributed by atoms with Crippen LogP contribution in [0.3, 0.4) is 0 Å². The van der Waals surface area contributed by atoms with Crippen molar-refractivity contribution in [2.75, 3.05) is 37.0 Å². The lowest BCUT2D eigenvalue weighted by molar-refractivity contribution is -0.274. The predicted molar refractivity (Wildman–Crippen MR) is 231 cm³/mol. The summed E-state index contributed by atoms with van der Waals surface area (Å²) in [6, 6.07) is 10.2. The highest BCUT2D eigenvalue weighted by Crippen LogP contribution is 2.48. The molecule has 342 valence electrons. The van der Waals surface area contributed by atoms with Crippen LogP contribution in [-0.4, -0.2) is 115 Å². The number of hydrogen-bond acceptors (Lipinski definition) is 12. The number of hydrogen-bond donors (Lipinski definition) is 3. The Morgan fingerprint density at radius 1 is 1.00 bits per heavy atom. The molecular weight excluding hydrogens is 866 g/mol. The number of nitrogens with zero attached hydrogens (tertiary/aromatic N) is 3. The van der Waals surface area contributed by atoms with Crippen LogP contribution in [0.25, 0.3) is 22.0 Å². The van der Waals surface area contributed by atoms with Crippen molar-refractivity contribution in [2.24, 2.45) is 5.92 Å². The Labute approximate surface area is 368 Å². The van der Waals surface area contributed by atoms with Crippen LogP contribution in [0.15, 0.2) is 48.5 Å². The fraction of sp³-hybridized carbons (Fsp3) is 0.558. The lowest BCUT2D eigenvalue weighted by Gasteiger charge is -2.30. The van der Waals surface area contributed by atoms with Gasteiger partial charge in [-0.1, -0.05) is 12.8 Å². The van der Waals surface area contributed by atoms with Gasteiger partial charge >= 0.3 is 12.5 Å². The lowest BCUT2D eigenvalue weighted by atomic mass is 10.1. The molecule has 0 unspecified atom stereocenters. The summed E-state index contributed by atoms with van der Waals surface area (Å²) >= 11 is 1.48. The first-order valence-electron chi connectivity index (χ1n) is 21.0. The number of ether oxygens (including phenoxy) is 3. The smallest absolute Gasteiger partial charge is 0.472 e. The van der Waals surface area contributed by atoms with E-state index < -0.39 is 80.5 Å². The molecule has 0 spiro atoms. The molecule has 7 rings (SSSR count). The molecule has 4 amide bonds. The summed E-state index contributed by atoms with van der Waals surface area (Å²) in [7, 11) is -0.203. The zero-order valence-electron chi connectivity index (χ0n) is 35.7. The molecule has 63 heavy (non-hydrogen) atoms. The Bertz CT molecular complexity index is 2340. The van der Waals surface area contributed by atoms with E-state index in [0.29, 0.717) is 47.0 Å². The topological polar surface area (TPSA) is 186 Å². The maximum absolute atomic E-state index is 14.7. The third-order valence-corrected chi connectivity index (χ3v) is 14.4. The molecule has 4 fully saturated rings. The fourth-order valence-electron chi connectivity index (χ4n) is 8.04. The van der Waals surface area contributed by atoms with Crippen LogP contribution in [0.5, 0.6) is 11.6 Å². The van der Waals surface area contributed by atoms with Crippen LogP contribution < -0.4 is 29.7 Å². The number of carbonyl (C=O) groups excluding carboxylic acids is 4. The average Bonchev–Trinajstić information content (AvgIpc) is 4.12. The Balaban J connectivity index is 1.23. The number of fused-ring (bicyclic) bond motifs is 3. The van der Waals surface area contributed by atoms with Crippen LogP contribution in [0.4, 0.5) is 23.7 Å². The van der Waals surface area contributed by atoms with Gasteiger partial charge in [-0.25, -0.2) is 18.2 Å². The van der Waals surface area contributed by atoms with Gasteiger partial charge in [0.15, 0.2) is 0 Å². The Hall–Kier alpha value is -4.98. The van der Waals surface area contributed by atoms with Gasteiger partial charge in [-0.3, -0.25) is 19.1 Å². The minimum atomic E-state index is -4.87. The van der Waals surface area contributed by atoms with Gasteiger partial charge in [0.1, 0.15) is 35.1 Å². The number of benzene rings is 2. The van der Waals surface area contributed by atoms with Gasteiger partial charge in [0.05, 0.1) is 17.5 Å². The summed E-state index contributed by atoms with van der Waals surface area (Å²) < 4.78 is 83.2. The highest BCUT2D eigenvalue weighted by molar-refractivity contribution is 7.99. The monoisotopic (exact) mass is 918 g/mol. The number of aromatic nitrogens is 1. The maximum atomic E-state index is 14.7. The van der Waals surface area contributed by atoms with Gasteiger partial charge < -0.3 is 34.6 Å². The molecule has 0 bridgehead atoms. The number of rotatable bonds is 9. The van der Waals surface area contributed by atoms with Gasteiger partial charge in [-0.05, 0) is 118 Å². The fourth-order valence-corrected chi connectivity index (χ4v) is 10.4. The van der Waals surface area contributed by atoms with Crippen LogP contribution in [0.1, 0.15) is 72.1 Å².